The number of nitrogens with zero attached hydrogens (tertiary/aromatic N) is 3. The van der Waals surface area contributed by atoms with Crippen LogP contribution in [0.15, 0.2) is 65.8 Å². The molecule has 2 aromatic heterocycles. The fraction of sp³-hybridized carbons (Fsp3) is 0.259. The zero-order valence-corrected chi connectivity index (χ0v) is 21.4. The van der Waals surface area contributed by atoms with Gasteiger partial charge in [0.2, 0.25) is 0 Å². The van der Waals surface area contributed by atoms with Crippen molar-refractivity contribution in [3.63, 3.8) is 0 Å². The van der Waals surface area contributed by atoms with Crippen molar-refractivity contribution in [1.29, 1.82) is 0 Å². The molecule has 0 atom stereocenters. The Hall–Kier alpha value is -4.65. The molecule has 2 aromatic carbocycles. The zero-order valence-electron chi connectivity index (χ0n) is 21.4. The predicted octanol–water partition coefficient (Wildman–Crippen LogP) is 5.20. The molecule has 208 valence electrons. The van der Waals surface area contributed by atoms with Crippen molar-refractivity contribution < 1.29 is 22.7 Å². The Morgan fingerprint density at radius 3 is 2.40 bits per heavy atom. The molecule has 0 aliphatic carbocycles. The number of urea groups is 1. The van der Waals surface area contributed by atoms with Crippen LogP contribution in [0.1, 0.15) is 18.4 Å². The smallest absolute Gasteiger partial charge is 0.420 e. The number of rotatable bonds is 6. The molecule has 10 nitrogen and oxygen atoms in total. The maximum absolute atomic E-state index is 13.8. The summed E-state index contributed by atoms with van der Waals surface area (Å²) >= 11 is 0. The van der Waals surface area contributed by atoms with Crippen molar-refractivity contribution in [1.82, 2.24) is 19.9 Å². The largest absolute Gasteiger partial charge is 0.490 e. The number of carbonyl (C=O) groups excluding carboxylic acids is 1. The first-order valence-electron chi connectivity index (χ1n) is 12.5. The molecule has 40 heavy (non-hydrogen) atoms. The number of carbonyl (C=O) groups is 1. The van der Waals surface area contributed by atoms with E-state index in [1.807, 2.05) is 7.05 Å². The molecule has 4 aromatic rings. The first kappa shape index (κ1) is 26.9. The van der Waals surface area contributed by atoms with E-state index in [9.17, 15) is 22.8 Å². The second-order valence-corrected chi connectivity index (χ2v) is 9.40. The Morgan fingerprint density at radius 1 is 1.00 bits per heavy atom. The summed E-state index contributed by atoms with van der Waals surface area (Å²) in [6.45, 7) is 1.50. The quantitative estimate of drug-likeness (QED) is 0.259. The number of benzene rings is 2. The lowest BCUT2D eigenvalue weighted by Crippen LogP contribution is -2.36. The fourth-order valence-electron chi connectivity index (χ4n) is 4.38. The number of aromatic amines is 1. The second-order valence-electron chi connectivity index (χ2n) is 9.40. The van der Waals surface area contributed by atoms with Crippen LogP contribution in [0.4, 0.5) is 40.8 Å². The van der Waals surface area contributed by atoms with Gasteiger partial charge in [-0.15, -0.1) is 0 Å². The summed E-state index contributed by atoms with van der Waals surface area (Å²) in [5.74, 6) is 0.0589. The third-order valence-corrected chi connectivity index (χ3v) is 6.46. The number of H-pyrrole nitrogens is 1. The molecule has 0 radical (unpaired) electrons. The van der Waals surface area contributed by atoms with Gasteiger partial charge in [-0.3, -0.25) is 4.79 Å². The molecule has 2 amide bonds. The minimum Gasteiger partial charge on any atom is -0.490 e. The van der Waals surface area contributed by atoms with E-state index in [0.717, 1.165) is 19.2 Å². The monoisotopic (exact) mass is 553 g/mol. The van der Waals surface area contributed by atoms with E-state index >= 15 is 0 Å². The molecule has 1 saturated heterocycles. The van der Waals surface area contributed by atoms with Crippen molar-refractivity contribution in [2.24, 2.45) is 0 Å². The first-order valence-corrected chi connectivity index (χ1v) is 12.5. The lowest BCUT2D eigenvalue weighted by atomic mass is 10.1. The molecular formula is C27H26F3N7O3. The van der Waals surface area contributed by atoms with Gasteiger partial charge in [0, 0.05) is 42.4 Å². The Kier molecular flexibility index (Phi) is 7.56. The molecule has 3 heterocycles. The van der Waals surface area contributed by atoms with Crippen molar-refractivity contribution in [3.8, 4) is 5.75 Å². The van der Waals surface area contributed by atoms with Crippen molar-refractivity contribution >= 4 is 39.9 Å². The highest BCUT2D eigenvalue weighted by atomic mass is 19.4. The van der Waals surface area contributed by atoms with Crippen molar-refractivity contribution in [2.75, 3.05) is 36.1 Å². The summed E-state index contributed by atoms with van der Waals surface area (Å²) in [7, 11) is 1.96. The number of hydrogen-bond acceptors (Lipinski definition) is 7. The molecule has 4 N–H and O–H groups in total. The zero-order chi connectivity index (χ0) is 28.3. The number of aromatic nitrogens is 3. The van der Waals surface area contributed by atoms with E-state index in [4.69, 9.17) is 4.74 Å². The normalized spacial score (nSPS) is 14.6. The summed E-state index contributed by atoms with van der Waals surface area (Å²) in [6.07, 6.45) is -0.867. The standard InChI is InChI=1S/C27H26F3N7O3/c1-37-12-9-19(10-13-37)40-22-7-6-18(14-20(22)27(28,29)30)36-26(39)35-17-4-2-16(3-5-17)34-25-23-21(38)8-11-31-24(23)32-15-33-25/h2-8,11,14-15,19H,9-10,12-13H2,1H3,(H2,35,36,39)(H2,31,32,33,34,38). The number of pyridine rings is 1. The van der Waals surface area contributed by atoms with Gasteiger partial charge in [-0.2, -0.15) is 13.2 Å². The third kappa shape index (κ3) is 6.31. The average Bonchev–Trinajstić information content (AvgIpc) is 2.91. The number of ether oxygens (including phenoxy) is 1. The van der Waals surface area contributed by atoms with Crippen LogP contribution in [-0.2, 0) is 6.18 Å². The number of likely N-dealkylation sites (tertiary alicyclic amines) is 1. The summed E-state index contributed by atoms with van der Waals surface area (Å²) < 4.78 is 47.0. The van der Waals surface area contributed by atoms with E-state index in [2.05, 4.69) is 35.8 Å². The molecular weight excluding hydrogens is 527 g/mol. The number of alkyl halides is 3. The number of hydrogen-bond donors (Lipinski definition) is 4. The summed E-state index contributed by atoms with van der Waals surface area (Å²) in [5, 5.41) is 8.37. The predicted molar refractivity (Wildman–Crippen MR) is 145 cm³/mol. The summed E-state index contributed by atoms with van der Waals surface area (Å²) in [4.78, 5) is 37.9. The van der Waals surface area contributed by atoms with Crippen LogP contribution in [0.3, 0.4) is 0 Å². The Labute approximate surface area is 226 Å². The van der Waals surface area contributed by atoms with Crippen LogP contribution in [0, 0.1) is 0 Å². The van der Waals surface area contributed by atoms with Gasteiger partial charge < -0.3 is 30.6 Å². The maximum atomic E-state index is 13.8. The van der Waals surface area contributed by atoms with Crippen molar-refractivity contribution in [2.45, 2.75) is 25.1 Å². The van der Waals surface area contributed by atoms with Crippen LogP contribution in [0.5, 0.6) is 5.75 Å². The van der Waals surface area contributed by atoms with Crippen LogP contribution in [0.25, 0.3) is 11.0 Å². The SMILES string of the molecule is CN1CCC(Oc2ccc(NC(=O)Nc3ccc(Nc4ncnc5[nH]ccc(=O)c45)cc3)cc2C(F)(F)F)CC1. The Bertz CT molecular complexity index is 1560. The number of nitrogens with one attached hydrogen (secondary N) is 4. The molecule has 13 heteroatoms. The van der Waals surface area contributed by atoms with Gasteiger partial charge in [0.1, 0.15) is 35.0 Å². The summed E-state index contributed by atoms with van der Waals surface area (Å²) in [5.41, 5.74) is 0.142. The van der Waals surface area contributed by atoms with E-state index in [-0.39, 0.29) is 23.0 Å². The number of halogens is 3. The average molecular weight is 554 g/mol. The lowest BCUT2D eigenvalue weighted by Gasteiger charge is -2.30. The number of fused-ring (bicyclic) bond motifs is 1. The molecule has 1 aliphatic heterocycles. The fourth-order valence-corrected chi connectivity index (χ4v) is 4.38. The van der Waals surface area contributed by atoms with E-state index in [1.54, 1.807) is 24.3 Å². The molecule has 0 bridgehead atoms. The maximum Gasteiger partial charge on any atom is 0.420 e. The second kappa shape index (κ2) is 11.2. The van der Waals surface area contributed by atoms with E-state index in [0.29, 0.717) is 41.1 Å². The van der Waals surface area contributed by atoms with Crippen LogP contribution >= 0.6 is 0 Å². The van der Waals surface area contributed by atoms with Gasteiger partial charge in [0.15, 0.2) is 5.43 Å². The highest BCUT2D eigenvalue weighted by molar-refractivity contribution is 6.00. The van der Waals surface area contributed by atoms with Crippen molar-refractivity contribution in [3.05, 3.63) is 76.8 Å². The first-order chi connectivity index (χ1) is 19.2. The highest BCUT2D eigenvalue weighted by Crippen LogP contribution is 2.39. The molecule has 1 aliphatic rings. The minimum absolute atomic E-state index is 0.0281. The summed E-state index contributed by atoms with van der Waals surface area (Å²) in [6, 6.07) is 10.6. The highest BCUT2D eigenvalue weighted by Gasteiger charge is 2.35. The number of amides is 2. The number of anilines is 4. The van der Waals surface area contributed by atoms with Crippen LogP contribution < -0.4 is 26.1 Å². The topological polar surface area (TPSA) is 124 Å². The van der Waals surface area contributed by atoms with Gasteiger partial charge in [0.25, 0.3) is 0 Å². The number of piperidine rings is 1. The van der Waals surface area contributed by atoms with Gasteiger partial charge >= 0.3 is 12.2 Å². The van der Waals surface area contributed by atoms with Gasteiger partial charge in [0.05, 0.1) is 5.56 Å². The van der Waals surface area contributed by atoms with E-state index in [1.165, 1.54) is 30.7 Å². The molecule has 1 fully saturated rings. The molecule has 0 unspecified atom stereocenters. The van der Waals surface area contributed by atoms with Gasteiger partial charge in [-0.05, 0) is 62.4 Å². The van der Waals surface area contributed by atoms with Gasteiger partial charge in [-0.1, -0.05) is 0 Å². The molecule has 5 rings (SSSR count). The molecule has 0 saturated carbocycles. The Balaban J connectivity index is 1.24. The van der Waals surface area contributed by atoms with Crippen LogP contribution in [-0.4, -0.2) is 52.1 Å². The van der Waals surface area contributed by atoms with Gasteiger partial charge in [-0.25, -0.2) is 14.8 Å². The van der Waals surface area contributed by atoms with E-state index < -0.39 is 17.8 Å². The Morgan fingerprint density at radius 2 is 1.68 bits per heavy atom. The third-order valence-electron chi connectivity index (χ3n) is 6.46. The van der Waals surface area contributed by atoms with Crippen LogP contribution in [0.2, 0.25) is 0 Å². The lowest BCUT2D eigenvalue weighted by molar-refractivity contribution is -0.139. The minimum atomic E-state index is -4.66. The molecule has 0 spiro atoms.